The van der Waals surface area contributed by atoms with Crippen molar-refractivity contribution in [2.24, 2.45) is 12.0 Å². The van der Waals surface area contributed by atoms with Crippen molar-refractivity contribution in [1.29, 1.82) is 0 Å². The molecule has 0 radical (unpaired) electrons. The van der Waals surface area contributed by atoms with Crippen molar-refractivity contribution in [2.75, 3.05) is 39.9 Å². The SMILES string of the molecule is CCNC(=NCc1c(C)nn(C)c1C)NCC1CCCN1CCOC.I. The Kier molecular flexibility index (Phi) is 10.5. The van der Waals surface area contributed by atoms with Gasteiger partial charge in [0, 0.05) is 51.1 Å². The van der Waals surface area contributed by atoms with Crippen molar-refractivity contribution < 1.29 is 4.74 Å². The van der Waals surface area contributed by atoms with Gasteiger partial charge in [0.05, 0.1) is 18.8 Å². The number of hydrogen-bond acceptors (Lipinski definition) is 4. The highest BCUT2D eigenvalue weighted by Gasteiger charge is 2.24. The molecule has 0 aliphatic carbocycles. The zero-order valence-electron chi connectivity index (χ0n) is 16.8. The minimum atomic E-state index is 0. The van der Waals surface area contributed by atoms with Crippen molar-refractivity contribution in [1.82, 2.24) is 25.3 Å². The third-order valence-electron chi connectivity index (χ3n) is 4.99. The number of methoxy groups -OCH3 is 1. The molecule has 1 aromatic rings. The molecule has 2 N–H and O–H groups in total. The molecular weight excluding hydrogens is 443 g/mol. The van der Waals surface area contributed by atoms with Crippen molar-refractivity contribution in [3.05, 3.63) is 17.0 Å². The van der Waals surface area contributed by atoms with Crippen LogP contribution in [0.25, 0.3) is 0 Å². The van der Waals surface area contributed by atoms with E-state index >= 15 is 0 Å². The zero-order valence-corrected chi connectivity index (χ0v) is 19.2. The molecule has 0 amide bonds. The van der Waals surface area contributed by atoms with Crippen molar-refractivity contribution >= 4 is 29.9 Å². The molecule has 8 heteroatoms. The number of nitrogens with zero attached hydrogens (tertiary/aromatic N) is 4. The van der Waals surface area contributed by atoms with Crippen LogP contribution >= 0.6 is 24.0 Å². The quantitative estimate of drug-likeness (QED) is 0.339. The molecule has 26 heavy (non-hydrogen) atoms. The maximum absolute atomic E-state index is 5.22. The average Bonchev–Trinajstić information content (AvgIpc) is 3.13. The normalized spacial score (nSPS) is 18.0. The highest BCUT2D eigenvalue weighted by molar-refractivity contribution is 14.0. The fourth-order valence-electron chi connectivity index (χ4n) is 3.39. The standard InChI is InChI=1S/C18H34N6O.HI/c1-6-19-18(21-13-17-14(2)22-23(4)15(17)3)20-12-16-8-7-9-24(16)10-11-25-5;/h16H,6-13H2,1-5H3,(H2,19,20,21);1H. The van der Waals surface area contributed by atoms with Crippen LogP contribution in [0.4, 0.5) is 0 Å². The first-order chi connectivity index (χ1) is 12.1. The largest absolute Gasteiger partial charge is 0.383 e. The van der Waals surface area contributed by atoms with Crippen LogP contribution in [0.15, 0.2) is 4.99 Å². The van der Waals surface area contributed by atoms with Gasteiger partial charge in [0.25, 0.3) is 0 Å². The molecule has 0 saturated carbocycles. The van der Waals surface area contributed by atoms with Gasteiger partial charge >= 0.3 is 0 Å². The fourth-order valence-corrected chi connectivity index (χ4v) is 3.39. The Morgan fingerprint density at radius 2 is 2.12 bits per heavy atom. The molecule has 0 bridgehead atoms. The summed E-state index contributed by atoms with van der Waals surface area (Å²) in [5.74, 6) is 0.878. The van der Waals surface area contributed by atoms with Gasteiger partial charge in [-0.3, -0.25) is 9.58 Å². The van der Waals surface area contributed by atoms with Crippen LogP contribution in [0.3, 0.4) is 0 Å². The van der Waals surface area contributed by atoms with E-state index in [1.165, 1.54) is 24.1 Å². The Morgan fingerprint density at radius 3 is 2.73 bits per heavy atom. The highest BCUT2D eigenvalue weighted by atomic mass is 127. The minimum absolute atomic E-state index is 0. The van der Waals surface area contributed by atoms with E-state index in [9.17, 15) is 0 Å². The van der Waals surface area contributed by atoms with Crippen LogP contribution in [-0.4, -0.2) is 66.6 Å². The summed E-state index contributed by atoms with van der Waals surface area (Å²) in [5.41, 5.74) is 3.45. The summed E-state index contributed by atoms with van der Waals surface area (Å²) < 4.78 is 7.15. The summed E-state index contributed by atoms with van der Waals surface area (Å²) in [6.45, 7) is 11.6. The number of ether oxygens (including phenoxy) is 1. The first kappa shape index (κ1) is 23.2. The van der Waals surface area contributed by atoms with Crippen LogP contribution < -0.4 is 10.6 Å². The van der Waals surface area contributed by atoms with Crippen molar-refractivity contribution in [3.8, 4) is 0 Å². The van der Waals surface area contributed by atoms with Gasteiger partial charge in [-0.05, 0) is 40.2 Å². The molecule has 1 aliphatic heterocycles. The lowest BCUT2D eigenvalue weighted by molar-refractivity contribution is 0.141. The molecule has 1 fully saturated rings. The summed E-state index contributed by atoms with van der Waals surface area (Å²) in [6.07, 6.45) is 2.49. The molecule has 0 aromatic carbocycles. The summed E-state index contributed by atoms with van der Waals surface area (Å²) in [4.78, 5) is 7.27. The molecular formula is C18H35IN6O. The molecule has 0 spiro atoms. The number of aromatic nitrogens is 2. The predicted molar refractivity (Wildman–Crippen MR) is 117 cm³/mol. The van der Waals surface area contributed by atoms with Gasteiger partial charge in [-0.1, -0.05) is 0 Å². The molecule has 1 saturated heterocycles. The van der Waals surface area contributed by atoms with Gasteiger partial charge in [0.2, 0.25) is 0 Å². The van der Waals surface area contributed by atoms with E-state index in [1.807, 2.05) is 18.7 Å². The number of guanidine groups is 1. The molecule has 2 rings (SSSR count). The smallest absolute Gasteiger partial charge is 0.191 e. The van der Waals surface area contributed by atoms with Crippen LogP contribution in [0, 0.1) is 13.8 Å². The minimum Gasteiger partial charge on any atom is -0.383 e. The van der Waals surface area contributed by atoms with Crippen molar-refractivity contribution in [2.45, 2.75) is 46.2 Å². The van der Waals surface area contributed by atoms with Crippen molar-refractivity contribution in [3.63, 3.8) is 0 Å². The summed E-state index contributed by atoms with van der Waals surface area (Å²) in [7, 11) is 3.75. The Bertz CT molecular complexity index is 574. The van der Waals surface area contributed by atoms with Gasteiger partial charge in [-0.25, -0.2) is 4.99 Å². The topological polar surface area (TPSA) is 66.7 Å². The van der Waals surface area contributed by atoms with E-state index in [0.717, 1.165) is 44.4 Å². The number of halogens is 1. The van der Waals surface area contributed by atoms with Crippen LogP contribution in [0.5, 0.6) is 0 Å². The van der Waals surface area contributed by atoms with Gasteiger partial charge in [0.15, 0.2) is 5.96 Å². The molecule has 2 heterocycles. The van der Waals surface area contributed by atoms with E-state index in [1.54, 1.807) is 7.11 Å². The lowest BCUT2D eigenvalue weighted by atomic mass is 10.2. The maximum Gasteiger partial charge on any atom is 0.191 e. The number of rotatable bonds is 8. The number of aliphatic imine (C=N–C) groups is 1. The van der Waals surface area contributed by atoms with E-state index in [0.29, 0.717) is 12.6 Å². The van der Waals surface area contributed by atoms with Gasteiger partial charge in [0.1, 0.15) is 0 Å². The molecule has 1 unspecified atom stereocenters. The molecule has 1 aliphatic rings. The average molecular weight is 478 g/mol. The van der Waals surface area contributed by atoms with E-state index < -0.39 is 0 Å². The summed E-state index contributed by atoms with van der Waals surface area (Å²) in [5, 5.41) is 11.3. The number of hydrogen-bond donors (Lipinski definition) is 2. The Hall–Kier alpha value is -0.870. The number of likely N-dealkylation sites (tertiary alicyclic amines) is 1. The summed E-state index contributed by atoms with van der Waals surface area (Å²) in [6, 6.07) is 0.556. The Labute approximate surface area is 175 Å². The lowest BCUT2D eigenvalue weighted by Gasteiger charge is -2.25. The Balaban J connectivity index is 0.00000338. The molecule has 150 valence electrons. The molecule has 7 nitrogen and oxygen atoms in total. The lowest BCUT2D eigenvalue weighted by Crippen LogP contribution is -2.45. The van der Waals surface area contributed by atoms with Gasteiger partial charge < -0.3 is 15.4 Å². The fraction of sp³-hybridized carbons (Fsp3) is 0.778. The van der Waals surface area contributed by atoms with Crippen LogP contribution in [0.1, 0.15) is 36.7 Å². The number of nitrogens with one attached hydrogen (secondary N) is 2. The zero-order chi connectivity index (χ0) is 18.2. The van der Waals surface area contributed by atoms with E-state index in [4.69, 9.17) is 9.73 Å². The van der Waals surface area contributed by atoms with E-state index in [-0.39, 0.29) is 24.0 Å². The molecule has 1 atom stereocenters. The first-order valence-electron chi connectivity index (χ1n) is 9.31. The second-order valence-corrected chi connectivity index (χ2v) is 6.67. The second-order valence-electron chi connectivity index (χ2n) is 6.67. The monoisotopic (exact) mass is 478 g/mol. The maximum atomic E-state index is 5.22. The number of aryl methyl sites for hydroxylation is 2. The molecule has 1 aromatic heterocycles. The summed E-state index contributed by atoms with van der Waals surface area (Å²) >= 11 is 0. The third-order valence-corrected chi connectivity index (χ3v) is 4.99. The second kappa shape index (κ2) is 11.8. The third kappa shape index (κ3) is 6.38. The van der Waals surface area contributed by atoms with Crippen LogP contribution in [-0.2, 0) is 18.3 Å². The predicted octanol–water partition coefficient (Wildman–Crippen LogP) is 1.82. The van der Waals surface area contributed by atoms with Gasteiger partial charge in [-0.15, -0.1) is 24.0 Å². The first-order valence-corrected chi connectivity index (χ1v) is 9.31. The van der Waals surface area contributed by atoms with E-state index in [2.05, 4.69) is 34.5 Å². The Morgan fingerprint density at radius 1 is 1.35 bits per heavy atom. The highest BCUT2D eigenvalue weighted by Crippen LogP contribution is 2.16. The van der Waals surface area contributed by atoms with Crippen LogP contribution in [0.2, 0.25) is 0 Å². The van der Waals surface area contributed by atoms with Gasteiger partial charge in [-0.2, -0.15) is 5.10 Å².